The van der Waals surface area contributed by atoms with Crippen LogP contribution in [0.15, 0.2) is 53.3 Å². The summed E-state index contributed by atoms with van der Waals surface area (Å²) in [6.07, 6.45) is 1.32. The first-order chi connectivity index (χ1) is 14.2. The zero-order valence-corrected chi connectivity index (χ0v) is 18.4. The van der Waals surface area contributed by atoms with Gasteiger partial charge in [-0.2, -0.15) is 5.10 Å². The van der Waals surface area contributed by atoms with Crippen LogP contribution in [0, 0.1) is 0 Å². The Labute approximate surface area is 177 Å². The fraction of sp³-hybridized carbons (Fsp3) is 0.400. The molecule has 0 aliphatic rings. The smallest absolute Gasteiger partial charge is 0.360 e. The minimum absolute atomic E-state index is 0.0630. The third-order valence-electron chi connectivity index (χ3n) is 5.31. The summed E-state index contributed by atoms with van der Waals surface area (Å²) in [7, 11) is 0. The summed E-state index contributed by atoms with van der Waals surface area (Å²) >= 11 is 0. The summed E-state index contributed by atoms with van der Waals surface area (Å²) in [4.78, 5) is 25.7. The van der Waals surface area contributed by atoms with Crippen LogP contribution in [0.1, 0.15) is 75.2 Å². The minimum atomic E-state index is -0.524. The van der Waals surface area contributed by atoms with Crippen molar-refractivity contribution in [1.29, 1.82) is 0 Å². The van der Waals surface area contributed by atoms with Crippen LogP contribution in [0.4, 0.5) is 0 Å². The van der Waals surface area contributed by atoms with Crippen LogP contribution in [-0.4, -0.2) is 15.7 Å². The van der Waals surface area contributed by atoms with Gasteiger partial charge >= 0.3 is 5.97 Å². The van der Waals surface area contributed by atoms with E-state index in [2.05, 4.69) is 38.0 Å². The molecule has 0 saturated heterocycles. The lowest BCUT2D eigenvalue weighted by atomic mass is 9.86. The molecule has 0 aliphatic heterocycles. The molecule has 0 saturated carbocycles. The van der Waals surface area contributed by atoms with Crippen molar-refractivity contribution >= 4 is 16.7 Å². The molecule has 1 aromatic heterocycles. The molecule has 0 N–H and O–H groups in total. The Morgan fingerprint density at radius 1 is 1.07 bits per heavy atom. The fourth-order valence-corrected chi connectivity index (χ4v) is 3.38. The molecule has 1 atom stereocenters. The van der Waals surface area contributed by atoms with Crippen molar-refractivity contribution < 1.29 is 9.53 Å². The first kappa shape index (κ1) is 21.8. The van der Waals surface area contributed by atoms with Gasteiger partial charge < -0.3 is 4.74 Å². The van der Waals surface area contributed by atoms with Crippen molar-refractivity contribution in [3.05, 3.63) is 75.7 Å². The number of esters is 1. The van der Waals surface area contributed by atoms with Gasteiger partial charge in [-0.15, -0.1) is 0 Å². The Balaban J connectivity index is 1.91. The van der Waals surface area contributed by atoms with E-state index in [1.807, 2.05) is 26.0 Å². The molecule has 0 aliphatic carbocycles. The number of nitrogens with zero attached hydrogens (tertiary/aromatic N) is 2. The molecule has 0 amide bonds. The molecule has 0 bridgehead atoms. The number of aryl methyl sites for hydroxylation is 1. The standard InChI is InChI=1S/C25H30N2O3/c1-6-7-16-27-23(28)21-11-9-8-10-20(21)22(26-27)24(29)30-17(2)18-12-14-19(15-13-18)25(3,4)5/h8-15,17H,6-7,16H2,1-5H3. The SMILES string of the molecule is CCCCn1nc(C(=O)OC(C)c2ccc(C(C)(C)C)cc2)c2ccccc2c1=O. The second-order valence-electron chi connectivity index (χ2n) is 8.70. The maximum atomic E-state index is 13.0. The van der Waals surface area contributed by atoms with E-state index < -0.39 is 12.1 Å². The monoisotopic (exact) mass is 406 g/mol. The Bertz CT molecular complexity index is 1090. The van der Waals surface area contributed by atoms with Crippen molar-refractivity contribution in [2.24, 2.45) is 0 Å². The van der Waals surface area contributed by atoms with Crippen LogP contribution < -0.4 is 5.56 Å². The van der Waals surface area contributed by atoms with Crippen LogP contribution in [0.5, 0.6) is 0 Å². The highest BCUT2D eigenvalue weighted by atomic mass is 16.5. The van der Waals surface area contributed by atoms with Crippen molar-refractivity contribution in [3.63, 3.8) is 0 Å². The summed E-state index contributed by atoms with van der Waals surface area (Å²) in [6.45, 7) is 10.9. The predicted octanol–water partition coefficient (Wildman–Crippen LogP) is 5.41. The summed E-state index contributed by atoms with van der Waals surface area (Å²) < 4.78 is 7.12. The Morgan fingerprint density at radius 2 is 1.70 bits per heavy atom. The molecule has 1 unspecified atom stereocenters. The number of hydrogen-bond acceptors (Lipinski definition) is 4. The van der Waals surface area contributed by atoms with E-state index in [9.17, 15) is 9.59 Å². The lowest BCUT2D eigenvalue weighted by molar-refractivity contribution is 0.0330. The minimum Gasteiger partial charge on any atom is -0.453 e. The summed E-state index contributed by atoms with van der Waals surface area (Å²) in [5.74, 6) is -0.524. The van der Waals surface area contributed by atoms with E-state index >= 15 is 0 Å². The van der Waals surface area contributed by atoms with Crippen LogP contribution in [-0.2, 0) is 16.7 Å². The number of carbonyl (C=O) groups is 1. The third-order valence-corrected chi connectivity index (χ3v) is 5.31. The van der Waals surface area contributed by atoms with Crippen molar-refractivity contribution in [2.45, 2.75) is 65.5 Å². The number of benzene rings is 2. The van der Waals surface area contributed by atoms with Crippen LogP contribution in [0.25, 0.3) is 10.8 Å². The van der Waals surface area contributed by atoms with Gasteiger partial charge in [-0.1, -0.05) is 76.6 Å². The summed E-state index contributed by atoms with van der Waals surface area (Å²) in [5, 5.41) is 5.37. The lowest BCUT2D eigenvalue weighted by Gasteiger charge is -2.20. The second-order valence-corrected chi connectivity index (χ2v) is 8.70. The molecule has 5 nitrogen and oxygen atoms in total. The fourth-order valence-electron chi connectivity index (χ4n) is 3.38. The zero-order valence-electron chi connectivity index (χ0n) is 18.4. The van der Waals surface area contributed by atoms with Gasteiger partial charge in [0.25, 0.3) is 5.56 Å². The molecule has 3 aromatic rings. The van der Waals surface area contributed by atoms with Gasteiger partial charge in [0.15, 0.2) is 5.69 Å². The number of carbonyl (C=O) groups excluding carboxylic acids is 1. The van der Waals surface area contributed by atoms with E-state index in [0.29, 0.717) is 17.3 Å². The lowest BCUT2D eigenvalue weighted by Crippen LogP contribution is -2.27. The number of fused-ring (bicyclic) bond motifs is 1. The van der Waals surface area contributed by atoms with Crippen LogP contribution >= 0.6 is 0 Å². The van der Waals surface area contributed by atoms with Gasteiger partial charge in [0.2, 0.25) is 0 Å². The molecule has 3 rings (SSSR count). The Morgan fingerprint density at radius 3 is 2.30 bits per heavy atom. The summed E-state index contributed by atoms with van der Waals surface area (Å²) in [5.41, 5.74) is 2.20. The van der Waals surface area contributed by atoms with E-state index in [0.717, 1.165) is 18.4 Å². The molecule has 5 heteroatoms. The van der Waals surface area contributed by atoms with Gasteiger partial charge in [-0.25, -0.2) is 9.48 Å². The number of ether oxygens (including phenoxy) is 1. The topological polar surface area (TPSA) is 61.2 Å². The maximum absolute atomic E-state index is 13.0. The van der Waals surface area contributed by atoms with Crippen molar-refractivity contribution in [2.75, 3.05) is 0 Å². The zero-order chi connectivity index (χ0) is 21.9. The van der Waals surface area contributed by atoms with Gasteiger partial charge in [0.05, 0.1) is 5.39 Å². The average Bonchev–Trinajstić information content (AvgIpc) is 2.72. The van der Waals surface area contributed by atoms with Crippen molar-refractivity contribution in [1.82, 2.24) is 9.78 Å². The largest absolute Gasteiger partial charge is 0.453 e. The second kappa shape index (κ2) is 8.82. The van der Waals surface area contributed by atoms with Gasteiger partial charge in [-0.3, -0.25) is 4.79 Å². The molecule has 1 heterocycles. The van der Waals surface area contributed by atoms with E-state index in [1.165, 1.54) is 10.2 Å². The molecule has 2 aromatic carbocycles. The third kappa shape index (κ3) is 4.61. The maximum Gasteiger partial charge on any atom is 0.360 e. The number of aromatic nitrogens is 2. The normalized spacial score (nSPS) is 12.7. The molecule has 158 valence electrons. The van der Waals surface area contributed by atoms with Gasteiger partial charge in [0, 0.05) is 11.9 Å². The highest BCUT2D eigenvalue weighted by Crippen LogP contribution is 2.26. The highest BCUT2D eigenvalue weighted by molar-refractivity contribution is 6.02. The van der Waals surface area contributed by atoms with Crippen molar-refractivity contribution in [3.8, 4) is 0 Å². The Hall–Kier alpha value is -2.95. The highest BCUT2D eigenvalue weighted by Gasteiger charge is 2.21. The van der Waals surface area contributed by atoms with E-state index in [-0.39, 0.29) is 16.7 Å². The molecule has 30 heavy (non-hydrogen) atoms. The predicted molar refractivity (Wildman–Crippen MR) is 120 cm³/mol. The molecular weight excluding hydrogens is 376 g/mol. The molecular formula is C25H30N2O3. The number of hydrogen-bond donors (Lipinski definition) is 0. The average molecular weight is 407 g/mol. The first-order valence-corrected chi connectivity index (χ1v) is 10.5. The van der Waals surface area contributed by atoms with Crippen LogP contribution in [0.2, 0.25) is 0 Å². The molecule has 0 radical (unpaired) electrons. The summed E-state index contributed by atoms with van der Waals surface area (Å²) in [6, 6.07) is 15.2. The van der Waals surface area contributed by atoms with Crippen LogP contribution in [0.3, 0.4) is 0 Å². The first-order valence-electron chi connectivity index (χ1n) is 10.5. The van der Waals surface area contributed by atoms with E-state index in [1.54, 1.807) is 24.3 Å². The molecule has 0 spiro atoms. The van der Waals surface area contributed by atoms with Gasteiger partial charge in [0.1, 0.15) is 6.10 Å². The number of unbranched alkanes of at least 4 members (excludes halogenated alkanes) is 1. The number of rotatable bonds is 6. The van der Waals surface area contributed by atoms with E-state index in [4.69, 9.17) is 4.74 Å². The quantitative estimate of drug-likeness (QED) is 0.513. The Kier molecular flexibility index (Phi) is 6.40. The van der Waals surface area contributed by atoms with Gasteiger partial charge in [-0.05, 0) is 36.0 Å². The molecule has 0 fully saturated rings.